The van der Waals surface area contributed by atoms with Gasteiger partial charge < -0.3 is 15.4 Å². The lowest BCUT2D eigenvalue weighted by atomic mass is 9.81. The average molecular weight is 382 g/mol. The van der Waals surface area contributed by atoms with E-state index < -0.39 is 5.60 Å². The highest BCUT2D eigenvalue weighted by Crippen LogP contribution is 2.36. The molecule has 2 aromatic rings. The summed E-state index contributed by atoms with van der Waals surface area (Å²) in [5.74, 6) is 0.469. The van der Waals surface area contributed by atoms with E-state index in [0.29, 0.717) is 24.4 Å². The zero-order valence-electron chi connectivity index (χ0n) is 16.1. The Labute approximate surface area is 164 Å². The Bertz CT molecular complexity index is 841. The third-order valence-electron chi connectivity index (χ3n) is 5.74. The normalized spacial score (nSPS) is 25.2. The topological polar surface area (TPSA) is 85.3 Å². The molecule has 0 saturated heterocycles. The van der Waals surface area contributed by atoms with Crippen LogP contribution in [0.5, 0.6) is 5.75 Å². The summed E-state index contributed by atoms with van der Waals surface area (Å²) in [4.78, 5) is 24.8. The number of carbonyl (C=O) groups is 2. The highest BCUT2D eigenvalue weighted by molar-refractivity contribution is 5.97. The highest BCUT2D eigenvalue weighted by Gasteiger charge is 2.40. The van der Waals surface area contributed by atoms with Crippen molar-refractivity contribution in [3.8, 4) is 5.75 Å². The number of nitrogens with zero attached hydrogens (tertiary/aromatic N) is 2. The summed E-state index contributed by atoms with van der Waals surface area (Å²) < 4.78 is 8.10. The van der Waals surface area contributed by atoms with Crippen molar-refractivity contribution in [3.63, 3.8) is 0 Å². The molecular weight excluding hydrogens is 356 g/mol. The predicted molar refractivity (Wildman–Crippen MR) is 104 cm³/mol. The molecule has 0 unspecified atom stereocenters. The van der Waals surface area contributed by atoms with Crippen LogP contribution < -0.4 is 15.4 Å². The minimum absolute atomic E-state index is 0.0527. The Kier molecular flexibility index (Phi) is 5.07. The standard InChI is InChI=1S/C21H26N4O3/c1-15(13-25-12-4-11-23-25)19(26)24-16-7-9-21(10-8-16)14-22-20(27)17-5-2-3-6-18(17)28-21/h2-6,11-12,15-16H,7-10,13-14H2,1H3,(H,22,27)(H,24,26)/t15-,16?,21?/m0/s1. The summed E-state index contributed by atoms with van der Waals surface area (Å²) >= 11 is 0. The second kappa shape index (κ2) is 7.66. The van der Waals surface area contributed by atoms with Gasteiger partial charge in [-0.3, -0.25) is 14.3 Å². The fraction of sp³-hybridized carbons (Fsp3) is 0.476. The number of amides is 2. The molecule has 2 amide bonds. The fourth-order valence-corrected chi connectivity index (χ4v) is 4.03. The molecular formula is C21H26N4O3. The van der Waals surface area contributed by atoms with E-state index in [9.17, 15) is 9.59 Å². The van der Waals surface area contributed by atoms with Crippen LogP contribution in [0.15, 0.2) is 42.7 Å². The number of hydrogen-bond acceptors (Lipinski definition) is 4. The Morgan fingerprint density at radius 3 is 2.89 bits per heavy atom. The van der Waals surface area contributed by atoms with Crippen molar-refractivity contribution >= 4 is 11.8 Å². The molecule has 1 saturated carbocycles. The highest BCUT2D eigenvalue weighted by atomic mass is 16.5. The Morgan fingerprint density at radius 2 is 2.14 bits per heavy atom. The molecule has 28 heavy (non-hydrogen) atoms. The van der Waals surface area contributed by atoms with E-state index in [1.807, 2.05) is 37.4 Å². The number of carbonyl (C=O) groups excluding carboxylic acids is 2. The molecule has 1 aromatic carbocycles. The molecule has 1 aliphatic carbocycles. The summed E-state index contributed by atoms with van der Waals surface area (Å²) in [6.07, 6.45) is 6.83. The van der Waals surface area contributed by atoms with E-state index in [4.69, 9.17) is 4.74 Å². The maximum absolute atomic E-state index is 12.5. The van der Waals surface area contributed by atoms with Crippen LogP contribution in [0.2, 0.25) is 0 Å². The first-order chi connectivity index (χ1) is 13.5. The number of benzene rings is 1. The number of aromatic nitrogens is 2. The van der Waals surface area contributed by atoms with Gasteiger partial charge in [0.15, 0.2) is 0 Å². The van der Waals surface area contributed by atoms with Crippen LogP contribution in [0.25, 0.3) is 0 Å². The first-order valence-corrected chi connectivity index (χ1v) is 9.89. The van der Waals surface area contributed by atoms with Gasteiger partial charge >= 0.3 is 0 Å². The second-order valence-electron chi connectivity index (χ2n) is 7.88. The van der Waals surface area contributed by atoms with Gasteiger partial charge in [-0.15, -0.1) is 0 Å². The molecule has 7 nitrogen and oxygen atoms in total. The SMILES string of the molecule is C[C@@H](Cn1cccn1)C(=O)NC1CCC2(CC1)CNC(=O)c1ccccc1O2. The monoisotopic (exact) mass is 382 g/mol. The van der Waals surface area contributed by atoms with Crippen LogP contribution in [0.3, 0.4) is 0 Å². The fourth-order valence-electron chi connectivity index (χ4n) is 4.03. The van der Waals surface area contributed by atoms with Crippen molar-refractivity contribution in [2.75, 3.05) is 6.54 Å². The number of nitrogens with one attached hydrogen (secondary N) is 2. The maximum Gasteiger partial charge on any atom is 0.255 e. The maximum atomic E-state index is 12.5. The molecule has 4 rings (SSSR count). The van der Waals surface area contributed by atoms with Gasteiger partial charge in [0.2, 0.25) is 5.91 Å². The summed E-state index contributed by atoms with van der Waals surface area (Å²) in [5, 5.41) is 10.3. The number of fused-ring (bicyclic) bond motifs is 1. The minimum atomic E-state index is -0.399. The second-order valence-corrected chi connectivity index (χ2v) is 7.88. The van der Waals surface area contributed by atoms with Gasteiger partial charge in [-0.1, -0.05) is 19.1 Å². The van der Waals surface area contributed by atoms with Crippen molar-refractivity contribution in [3.05, 3.63) is 48.3 Å². The lowest BCUT2D eigenvalue weighted by molar-refractivity contribution is -0.126. The molecule has 2 aliphatic rings. The lowest BCUT2D eigenvalue weighted by Crippen LogP contribution is -2.51. The van der Waals surface area contributed by atoms with Gasteiger partial charge in [0.05, 0.1) is 24.6 Å². The Hall–Kier alpha value is -2.83. The van der Waals surface area contributed by atoms with E-state index in [2.05, 4.69) is 15.7 Å². The third kappa shape index (κ3) is 3.88. The van der Waals surface area contributed by atoms with Crippen LogP contribution in [-0.4, -0.2) is 39.8 Å². The number of ether oxygens (including phenoxy) is 1. The van der Waals surface area contributed by atoms with Gasteiger partial charge in [-0.25, -0.2) is 0 Å². The van der Waals surface area contributed by atoms with Crippen molar-refractivity contribution in [1.29, 1.82) is 0 Å². The van der Waals surface area contributed by atoms with Crippen LogP contribution in [-0.2, 0) is 11.3 Å². The predicted octanol–water partition coefficient (Wildman–Crippen LogP) is 2.14. The largest absolute Gasteiger partial charge is 0.485 e. The van der Waals surface area contributed by atoms with Gasteiger partial charge in [0.1, 0.15) is 11.4 Å². The zero-order chi connectivity index (χ0) is 19.6. The van der Waals surface area contributed by atoms with E-state index in [1.165, 1.54) is 0 Å². The van der Waals surface area contributed by atoms with Crippen molar-refractivity contribution < 1.29 is 14.3 Å². The molecule has 1 spiro atoms. The molecule has 1 atom stereocenters. The van der Waals surface area contributed by atoms with Gasteiger partial charge in [-0.05, 0) is 43.9 Å². The molecule has 2 N–H and O–H groups in total. The molecule has 1 aliphatic heterocycles. The summed E-state index contributed by atoms with van der Waals surface area (Å²) in [6.45, 7) is 2.99. The number of para-hydroxylation sites is 1. The first-order valence-electron chi connectivity index (χ1n) is 9.89. The molecule has 7 heteroatoms. The zero-order valence-corrected chi connectivity index (χ0v) is 16.1. The molecule has 0 bridgehead atoms. The quantitative estimate of drug-likeness (QED) is 0.848. The third-order valence-corrected chi connectivity index (χ3v) is 5.74. The lowest BCUT2D eigenvalue weighted by Gasteiger charge is -2.39. The Balaban J connectivity index is 1.34. The average Bonchev–Trinajstić information content (AvgIpc) is 3.16. The number of rotatable bonds is 4. The summed E-state index contributed by atoms with van der Waals surface area (Å²) in [7, 11) is 0. The van der Waals surface area contributed by atoms with Crippen LogP contribution >= 0.6 is 0 Å². The van der Waals surface area contributed by atoms with Crippen molar-refractivity contribution in [2.45, 2.75) is 50.8 Å². The molecule has 1 fully saturated rings. The van der Waals surface area contributed by atoms with E-state index in [1.54, 1.807) is 16.9 Å². The summed E-state index contributed by atoms with van der Waals surface area (Å²) in [6, 6.07) is 9.36. The van der Waals surface area contributed by atoms with Crippen LogP contribution in [0.1, 0.15) is 43.0 Å². The van der Waals surface area contributed by atoms with Crippen molar-refractivity contribution in [2.24, 2.45) is 5.92 Å². The minimum Gasteiger partial charge on any atom is -0.485 e. The smallest absolute Gasteiger partial charge is 0.255 e. The Morgan fingerprint density at radius 1 is 1.36 bits per heavy atom. The summed E-state index contributed by atoms with van der Waals surface area (Å²) in [5.41, 5.74) is 0.187. The van der Waals surface area contributed by atoms with E-state index >= 15 is 0 Å². The van der Waals surface area contributed by atoms with Crippen LogP contribution in [0.4, 0.5) is 0 Å². The van der Waals surface area contributed by atoms with Crippen molar-refractivity contribution in [1.82, 2.24) is 20.4 Å². The molecule has 0 radical (unpaired) electrons. The molecule has 2 heterocycles. The first kappa shape index (κ1) is 18.5. The van der Waals surface area contributed by atoms with E-state index in [-0.39, 0.29) is 23.8 Å². The van der Waals surface area contributed by atoms with Gasteiger partial charge in [-0.2, -0.15) is 5.10 Å². The molecule has 1 aromatic heterocycles. The van der Waals surface area contributed by atoms with Gasteiger partial charge in [0.25, 0.3) is 5.91 Å². The molecule has 148 valence electrons. The van der Waals surface area contributed by atoms with Gasteiger partial charge in [0, 0.05) is 18.4 Å². The van der Waals surface area contributed by atoms with Crippen LogP contribution in [0, 0.1) is 5.92 Å². The number of hydrogen-bond donors (Lipinski definition) is 2. The van der Waals surface area contributed by atoms with E-state index in [0.717, 1.165) is 25.7 Å².